The molecule has 9 heteroatoms. The van der Waals surface area contributed by atoms with Crippen molar-refractivity contribution in [1.82, 2.24) is 15.3 Å². The lowest BCUT2D eigenvalue weighted by atomic mass is 9.95. The topological polar surface area (TPSA) is 79.4 Å². The number of ether oxygens (including phenoxy) is 1. The lowest BCUT2D eigenvalue weighted by Gasteiger charge is -2.29. The van der Waals surface area contributed by atoms with Crippen LogP contribution in [0.1, 0.15) is 34.5 Å². The van der Waals surface area contributed by atoms with Crippen LogP contribution < -0.4 is 20.3 Å². The molecular formula is C22H19Cl2N5O2. The van der Waals surface area contributed by atoms with Crippen molar-refractivity contribution in [3.63, 3.8) is 0 Å². The van der Waals surface area contributed by atoms with E-state index in [1.54, 1.807) is 18.2 Å². The highest BCUT2D eigenvalue weighted by atomic mass is 35.5. The van der Waals surface area contributed by atoms with E-state index in [4.69, 9.17) is 27.9 Å². The molecule has 0 fully saturated rings. The summed E-state index contributed by atoms with van der Waals surface area (Å²) in [6.07, 6.45) is 2.42. The van der Waals surface area contributed by atoms with Crippen LogP contribution in [0, 0.1) is 0 Å². The van der Waals surface area contributed by atoms with E-state index in [2.05, 4.69) is 39.7 Å². The van der Waals surface area contributed by atoms with E-state index in [0.717, 1.165) is 18.7 Å². The largest absolute Gasteiger partial charge is 0.455 e. The molecule has 7 nitrogen and oxygen atoms in total. The summed E-state index contributed by atoms with van der Waals surface area (Å²) < 4.78 is 5.74. The molecule has 158 valence electrons. The Morgan fingerprint density at radius 1 is 1.23 bits per heavy atom. The Hall–Kier alpha value is -2.87. The van der Waals surface area contributed by atoms with Gasteiger partial charge in [-0.2, -0.15) is 4.98 Å². The van der Waals surface area contributed by atoms with E-state index in [9.17, 15) is 4.79 Å². The van der Waals surface area contributed by atoms with Crippen LogP contribution in [-0.4, -0.2) is 29.2 Å². The molecule has 1 aromatic heterocycles. The molecule has 1 unspecified atom stereocenters. The molecule has 3 heterocycles. The standard InChI is InChI=1S/C22H19Cl2N5O2/c1-12-15-6-5-14(9-13(15)7-8-25-12)27-22-26-10-16-20(28-22)31-11-29(21(16)30)19-17(23)3-2-4-18(19)24/h2-6,9-10,12,25H,7-8,11H2,1H3,(H,26,27,28). The van der Waals surface area contributed by atoms with Gasteiger partial charge in [-0.3, -0.25) is 9.69 Å². The SMILES string of the molecule is CC1NCCc2cc(Nc3ncc4c(n3)OCN(c3c(Cl)cccc3Cl)C4=O)ccc21. The van der Waals surface area contributed by atoms with Gasteiger partial charge in [0.05, 0.1) is 15.7 Å². The van der Waals surface area contributed by atoms with Crippen molar-refractivity contribution in [2.45, 2.75) is 19.4 Å². The van der Waals surface area contributed by atoms with Crippen LogP contribution in [0.2, 0.25) is 10.0 Å². The molecule has 0 spiro atoms. The van der Waals surface area contributed by atoms with Gasteiger partial charge in [0, 0.05) is 17.9 Å². The number of carbonyl (C=O) groups excluding carboxylic acids is 1. The van der Waals surface area contributed by atoms with Crippen molar-refractivity contribution in [2.24, 2.45) is 0 Å². The number of rotatable bonds is 3. The first-order valence-electron chi connectivity index (χ1n) is 9.90. The van der Waals surface area contributed by atoms with E-state index < -0.39 is 0 Å². The van der Waals surface area contributed by atoms with Crippen LogP contribution in [0.25, 0.3) is 0 Å². The van der Waals surface area contributed by atoms with Crippen LogP contribution >= 0.6 is 23.2 Å². The second-order valence-corrected chi connectivity index (χ2v) is 8.27. The number of amides is 1. The van der Waals surface area contributed by atoms with Crippen molar-refractivity contribution in [3.8, 4) is 5.88 Å². The van der Waals surface area contributed by atoms with Crippen LogP contribution in [0.3, 0.4) is 0 Å². The van der Waals surface area contributed by atoms with Crippen molar-refractivity contribution in [1.29, 1.82) is 0 Å². The maximum absolute atomic E-state index is 13.0. The summed E-state index contributed by atoms with van der Waals surface area (Å²) in [6, 6.07) is 11.6. The molecule has 2 N–H and O–H groups in total. The molecule has 2 aliphatic heterocycles. The van der Waals surface area contributed by atoms with Crippen LogP contribution in [0.5, 0.6) is 5.88 Å². The smallest absolute Gasteiger partial charge is 0.268 e. The average molecular weight is 456 g/mol. The van der Waals surface area contributed by atoms with Crippen molar-refractivity contribution in [2.75, 3.05) is 23.5 Å². The fourth-order valence-electron chi connectivity index (χ4n) is 3.91. The normalized spacial score (nSPS) is 17.6. The number of nitrogens with one attached hydrogen (secondary N) is 2. The number of para-hydroxylation sites is 1. The summed E-state index contributed by atoms with van der Waals surface area (Å²) in [6.45, 7) is 3.06. The van der Waals surface area contributed by atoms with E-state index in [-0.39, 0.29) is 24.1 Å². The molecule has 3 aromatic rings. The Bertz CT molecular complexity index is 1170. The van der Waals surface area contributed by atoms with Crippen molar-refractivity contribution >= 4 is 46.4 Å². The highest BCUT2D eigenvalue weighted by Crippen LogP contribution is 2.37. The number of benzene rings is 2. The monoisotopic (exact) mass is 455 g/mol. The highest BCUT2D eigenvalue weighted by Gasteiger charge is 2.31. The predicted molar refractivity (Wildman–Crippen MR) is 121 cm³/mol. The van der Waals surface area contributed by atoms with Crippen LogP contribution in [-0.2, 0) is 6.42 Å². The Morgan fingerprint density at radius 3 is 2.84 bits per heavy atom. The Balaban J connectivity index is 1.39. The zero-order valence-electron chi connectivity index (χ0n) is 16.7. The van der Waals surface area contributed by atoms with Gasteiger partial charge in [-0.1, -0.05) is 35.3 Å². The minimum Gasteiger partial charge on any atom is -0.455 e. The first-order valence-corrected chi connectivity index (χ1v) is 10.7. The number of nitrogens with zero attached hydrogens (tertiary/aromatic N) is 3. The highest BCUT2D eigenvalue weighted by molar-refractivity contribution is 6.40. The van der Waals surface area contributed by atoms with Crippen molar-refractivity contribution < 1.29 is 9.53 Å². The number of halogens is 2. The average Bonchev–Trinajstić information content (AvgIpc) is 2.75. The molecule has 5 rings (SSSR count). The number of hydrogen-bond donors (Lipinski definition) is 2. The lowest BCUT2D eigenvalue weighted by Crippen LogP contribution is -2.39. The number of anilines is 3. The first-order chi connectivity index (χ1) is 15.0. The first kappa shape index (κ1) is 20.1. The van der Waals surface area contributed by atoms with Gasteiger partial charge in [-0.25, -0.2) is 4.98 Å². The van der Waals surface area contributed by atoms with Gasteiger partial charge in [0.25, 0.3) is 5.91 Å². The molecule has 0 bridgehead atoms. The van der Waals surface area contributed by atoms with Gasteiger partial charge in [-0.15, -0.1) is 0 Å². The predicted octanol–water partition coefficient (Wildman–Crippen LogP) is 4.73. The summed E-state index contributed by atoms with van der Waals surface area (Å²) in [5, 5.41) is 7.39. The second kappa shape index (κ2) is 8.00. The van der Waals surface area contributed by atoms with E-state index in [0.29, 0.717) is 27.7 Å². The second-order valence-electron chi connectivity index (χ2n) is 7.45. The fraction of sp³-hybridized carbons (Fsp3) is 0.227. The van der Waals surface area contributed by atoms with E-state index in [1.165, 1.54) is 22.2 Å². The Kier molecular flexibility index (Phi) is 5.17. The maximum Gasteiger partial charge on any atom is 0.268 e. The summed E-state index contributed by atoms with van der Waals surface area (Å²) in [4.78, 5) is 23.1. The number of hydrogen-bond acceptors (Lipinski definition) is 6. The fourth-order valence-corrected chi connectivity index (χ4v) is 4.51. The van der Waals surface area contributed by atoms with Gasteiger partial charge in [0.1, 0.15) is 5.56 Å². The minimum atomic E-state index is -0.321. The van der Waals surface area contributed by atoms with Crippen LogP contribution in [0.15, 0.2) is 42.6 Å². The number of aromatic nitrogens is 2. The van der Waals surface area contributed by atoms with E-state index in [1.807, 2.05) is 6.07 Å². The summed E-state index contributed by atoms with van der Waals surface area (Å²) in [7, 11) is 0. The van der Waals surface area contributed by atoms with Gasteiger partial charge in [0.15, 0.2) is 6.73 Å². The van der Waals surface area contributed by atoms with Gasteiger partial charge in [-0.05, 0) is 55.3 Å². The lowest BCUT2D eigenvalue weighted by molar-refractivity contribution is 0.0932. The quantitative estimate of drug-likeness (QED) is 0.594. The van der Waals surface area contributed by atoms with Gasteiger partial charge in [0.2, 0.25) is 11.8 Å². The number of fused-ring (bicyclic) bond motifs is 2. The van der Waals surface area contributed by atoms with Crippen LogP contribution in [0.4, 0.5) is 17.3 Å². The molecule has 1 atom stereocenters. The molecule has 0 saturated heterocycles. The zero-order chi connectivity index (χ0) is 21.5. The third-order valence-corrected chi connectivity index (χ3v) is 6.09. The summed E-state index contributed by atoms with van der Waals surface area (Å²) in [5.74, 6) is 0.258. The minimum absolute atomic E-state index is 0.0462. The summed E-state index contributed by atoms with van der Waals surface area (Å²) in [5.41, 5.74) is 4.14. The number of carbonyl (C=O) groups is 1. The zero-order valence-corrected chi connectivity index (χ0v) is 18.2. The Labute approximate surface area is 189 Å². The van der Waals surface area contributed by atoms with Gasteiger partial charge < -0.3 is 15.4 Å². The molecule has 31 heavy (non-hydrogen) atoms. The third-order valence-electron chi connectivity index (χ3n) is 5.48. The molecule has 2 aliphatic rings. The maximum atomic E-state index is 13.0. The van der Waals surface area contributed by atoms with E-state index >= 15 is 0 Å². The molecule has 2 aromatic carbocycles. The molecule has 0 radical (unpaired) electrons. The molecule has 1 amide bonds. The summed E-state index contributed by atoms with van der Waals surface area (Å²) >= 11 is 12.5. The third kappa shape index (κ3) is 3.69. The Morgan fingerprint density at radius 2 is 2.03 bits per heavy atom. The molecule has 0 saturated carbocycles. The molecule has 0 aliphatic carbocycles. The van der Waals surface area contributed by atoms with Gasteiger partial charge >= 0.3 is 0 Å². The molecular weight excluding hydrogens is 437 g/mol. The van der Waals surface area contributed by atoms with Crippen molar-refractivity contribution in [3.05, 3.63) is 69.3 Å².